The molecule has 1 aliphatic carbocycles. The molecule has 27 heavy (non-hydrogen) atoms. The van der Waals surface area contributed by atoms with Crippen molar-refractivity contribution in [2.24, 2.45) is 0 Å². The molecular formula is C20H20FN3O2S. The van der Waals surface area contributed by atoms with Crippen LogP contribution in [0.4, 0.5) is 4.39 Å². The van der Waals surface area contributed by atoms with Crippen LogP contribution in [0.25, 0.3) is 10.2 Å². The number of halogens is 1. The summed E-state index contributed by atoms with van der Waals surface area (Å²) in [6.45, 7) is 2.12. The third-order valence-electron chi connectivity index (χ3n) is 5.11. The van der Waals surface area contributed by atoms with E-state index in [2.05, 4.69) is 10.3 Å². The Labute approximate surface area is 159 Å². The first-order valence-corrected chi connectivity index (χ1v) is 9.89. The highest BCUT2D eigenvalue weighted by atomic mass is 32.1. The van der Waals surface area contributed by atoms with E-state index in [0.29, 0.717) is 15.8 Å². The van der Waals surface area contributed by atoms with Crippen LogP contribution in [-0.4, -0.2) is 15.5 Å². The fourth-order valence-electron chi connectivity index (χ4n) is 3.67. The Balaban J connectivity index is 1.62. The molecule has 140 valence electrons. The minimum absolute atomic E-state index is 0.0578. The van der Waals surface area contributed by atoms with Gasteiger partial charge < -0.3 is 5.32 Å². The summed E-state index contributed by atoms with van der Waals surface area (Å²) in [5.41, 5.74) is 1.66. The number of benzene rings is 1. The molecule has 1 N–H and O–H groups in total. The van der Waals surface area contributed by atoms with Crippen LogP contribution in [0.3, 0.4) is 0 Å². The van der Waals surface area contributed by atoms with E-state index in [1.54, 1.807) is 23.0 Å². The van der Waals surface area contributed by atoms with E-state index in [1.165, 1.54) is 23.5 Å². The summed E-state index contributed by atoms with van der Waals surface area (Å²) in [4.78, 5) is 30.8. The molecule has 1 amide bonds. The molecule has 2 aromatic heterocycles. The van der Waals surface area contributed by atoms with Gasteiger partial charge >= 0.3 is 0 Å². The van der Waals surface area contributed by atoms with Gasteiger partial charge in [-0.05, 0) is 37.5 Å². The van der Waals surface area contributed by atoms with Crippen molar-refractivity contribution in [3.05, 3.63) is 62.8 Å². The number of carbonyl (C=O) groups excluding carboxylic acids is 1. The van der Waals surface area contributed by atoms with Crippen LogP contribution >= 0.6 is 11.3 Å². The Bertz CT molecular complexity index is 1050. The predicted octanol–water partition coefficient (Wildman–Crippen LogP) is 3.95. The van der Waals surface area contributed by atoms with Crippen molar-refractivity contribution in [1.82, 2.24) is 14.9 Å². The Hall–Kier alpha value is -2.54. The van der Waals surface area contributed by atoms with Crippen LogP contribution in [0.15, 0.2) is 35.4 Å². The molecule has 1 aromatic carbocycles. The summed E-state index contributed by atoms with van der Waals surface area (Å²) in [5, 5.41) is 2.84. The lowest BCUT2D eigenvalue weighted by molar-refractivity contribution is 0.0952. The highest BCUT2D eigenvalue weighted by Gasteiger charge is 2.23. The fraction of sp³-hybridized carbons (Fsp3) is 0.350. The molecular weight excluding hydrogens is 365 g/mol. The molecule has 0 unspecified atom stereocenters. The minimum Gasteiger partial charge on any atom is -0.348 e. The minimum atomic E-state index is -0.313. The number of amides is 1. The molecule has 0 saturated heterocycles. The van der Waals surface area contributed by atoms with Gasteiger partial charge in [0.25, 0.3) is 11.5 Å². The second-order valence-electron chi connectivity index (χ2n) is 6.92. The Kier molecular flexibility index (Phi) is 4.78. The quantitative estimate of drug-likeness (QED) is 0.740. The molecule has 0 atom stereocenters. The number of hydrogen-bond acceptors (Lipinski definition) is 4. The maximum atomic E-state index is 13.0. The topological polar surface area (TPSA) is 64.0 Å². The van der Waals surface area contributed by atoms with E-state index >= 15 is 0 Å². The lowest BCUT2D eigenvalue weighted by atomic mass is 10.2. The third-order valence-corrected chi connectivity index (χ3v) is 6.19. The van der Waals surface area contributed by atoms with Gasteiger partial charge in [-0.15, -0.1) is 11.3 Å². The number of hydrogen-bond donors (Lipinski definition) is 1. The number of carbonyl (C=O) groups is 1. The molecule has 0 spiro atoms. The van der Waals surface area contributed by atoms with Crippen LogP contribution in [0.1, 0.15) is 52.5 Å². The molecule has 2 heterocycles. The standard InChI is InChI=1S/C20H20FN3O2S/c1-12-16(19(25)22-10-13-6-8-14(21)9-7-13)17-18(27-12)20(26)24(11-23-17)15-4-2-3-5-15/h6-9,11,15H,2-5,10H2,1H3,(H,22,25). The summed E-state index contributed by atoms with van der Waals surface area (Å²) in [6, 6.07) is 6.20. The van der Waals surface area contributed by atoms with Crippen LogP contribution in [0, 0.1) is 12.7 Å². The zero-order chi connectivity index (χ0) is 19.0. The second-order valence-corrected chi connectivity index (χ2v) is 8.14. The lowest BCUT2D eigenvalue weighted by Crippen LogP contribution is -2.25. The molecule has 3 aromatic rings. The first-order chi connectivity index (χ1) is 13.0. The zero-order valence-corrected chi connectivity index (χ0v) is 15.8. The molecule has 5 nitrogen and oxygen atoms in total. The molecule has 1 saturated carbocycles. The fourth-order valence-corrected chi connectivity index (χ4v) is 4.72. The summed E-state index contributed by atoms with van der Waals surface area (Å²) < 4.78 is 15.3. The van der Waals surface area contributed by atoms with Gasteiger partial charge in [0.15, 0.2) is 0 Å². The van der Waals surface area contributed by atoms with Gasteiger partial charge in [-0.1, -0.05) is 25.0 Å². The monoisotopic (exact) mass is 385 g/mol. The molecule has 1 aliphatic rings. The van der Waals surface area contributed by atoms with Gasteiger partial charge in [0.05, 0.1) is 11.9 Å². The number of nitrogens with one attached hydrogen (secondary N) is 1. The normalized spacial score (nSPS) is 14.7. The average molecular weight is 385 g/mol. The number of rotatable bonds is 4. The van der Waals surface area contributed by atoms with Crippen LogP contribution in [-0.2, 0) is 6.54 Å². The van der Waals surface area contributed by atoms with Gasteiger partial charge in [0.1, 0.15) is 16.0 Å². The number of fused-ring (bicyclic) bond motifs is 1. The molecule has 0 radical (unpaired) electrons. The number of aryl methyl sites for hydroxylation is 1. The van der Waals surface area contributed by atoms with Crippen molar-refractivity contribution in [3.63, 3.8) is 0 Å². The van der Waals surface area contributed by atoms with E-state index in [4.69, 9.17) is 0 Å². The van der Waals surface area contributed by atoms with Crippen molar-refractivity contribution in [3.8, 4) is 0 Å². The summed E-state index contributed by atoms with van der Waals surface area (Å²) in [6.07, 6.45) is 5.86. The summed E-state index contributed by atoms with van der Waals surface area (Å²) in [5.74, 6) is -0.582. The Morgan fingerprint density at radius 3 is 2.70 bits per heavy atom. The van der Waals surface area contributed by atoms with Crippen molar-refractivity contribution in [2.75, 3.05) is 0 Å². The molecule has 4 rings (SSSR count). The molecule has 1 fully saturated rings. The van der Waals surface area contributed by atoms with Gasteiger partial charge in [-0.25, -0.2) is 9.37 Å². The largest absolute Gasteiger partial charge is 0.348 e. The van der Waals surface area contributed by atoms with Crippen LogP contribution in [0.5, 0.6) is 0 Å². The summed E-state index contributed by atoms with van der Waals surface area (Å²) in [7, 11) is 0. The van der Waals surface area contributed by atoms with Crippen LogP contribution in [0.2, 0.25) is 0 Å². The lowest BCUT2D eigenvalue weighted by Gasteiger charge is -2.12. The number of aromatic nitrogens is 2. The maximum absolute atomic E-state index is 13.0. The van der Waals surface area contributed by atoms with Gasteiger partial charge in [-0.3, -0.25) is 14.2 Å². The average Bonchev–Trinajstić information content (AvgIpc) is 3.29. The SMILES string of the molecule is Cc1sc2c(=O)n(C3CCCC3)cnc2c1C(=O)NCc1ccc(F)cc1. The molecule has 0 bridgehead atoms. The first-order valence-electron chi connectivity index (χ1n) is 9.07. The molecule has 0 aliphatic heterocycles. The van der Waals surface area contributed by atoms with Gasteiger partial charge in [0, 0.05) is 17.5 Å². The van der Waals surface area contributed by atoms with Crippen molar-refractivity contribution >= 4 is 27.5 Å². The Morgan fingerprint density at radius 2 is 2.00 bits per heavy atom. The molecule has 7 heteroatoms. The van der Waals surface area contributed by atoms with E-state index in [9.17, 15) is 14.0 Å². The van der Waals surface area contributed by atoms with E-state index < -0.39 is 0 Å². The zero-order valence-electron chi connectivity index (χ0n) is 15.0. The van der Waals surface area contributed by atoms with Crippen molar-refractivity contribution in [2.45, 2.75) is 45.2 Å². The highest BCUT2D eigenvalue weighted by Crippen LogP contribution is 2.31. The van der Waals surface area contributed by atoms with Gasteiger partial charge in [0.2, 0.25) is 0 Å². The first kappa shape index (κ1) is 17.9. The smallest absolute Gasteiger partial charge is 0.271 e. The third kappa shape index (κ3) is 3.39. The number of thiophene rings is 1. The highest BCUT2D eigenvalue weighted by molar-refractivity contribution is 7.19. The van der Waals surface area contributed by atoms with Gasteiger partial charge in [-0.2, -0.15) is 0 Å². The number of nitrogens with zero attached hydrogens (tertiary/aromatic N) is 2. The maximum Gasteiger partial charge on any atom is 0.271 e. The van der Waals surface area contributed by atoms with Crippen molar-refractivity contribution in [1.29, 1.82) is 0 Å². The summed E-state index contributed by atoms with van der Waals surface area (Å²) >= 11 is 1.32. The van der Waals surface area contributed by atoms with E-state index in [-0.39, 0.29) is 29.9 Å². The van der Waals surface area contributed by atoms with E-state index in [1.807, 2.05) is 6.92 Å². The predicted molar refractivity (Wildman–Crippen MR) is 104 cm³/mol. The Morgan fingerprint density at radius 1 is 1.30 bits per heavy atom. The van der Waals surface area contributed by atoms with Crippen molar-refractivity contribution < 1.29 is 9.18 Å². The van der Waals surface area contributed by atoms with E-state index in [0.717, 1.165) is 36.1 Å². The second kappa shape index (κ2) is 7.23. The van der Waals surface area contributed by atoms with Crippen LogP contribution < -0.4 is 10.9 Å².